The van der Waals surface area contributed by atoms with Crippen LogP contribution in [0.4, 0.5) is 0 Å². The second kappa shape index (κ2) is 3.39. The Bertz CT molecular complexity index is 260. The minimum atomic E-state index is -0.266. The molecule has 0 unspecified atom stereocenters. The highest BCUT2D eigenvalue weighted by atomic mass is 16.5. The number of esters is 1. The summed E-state index contributed by atoms with van der Waals surface area (Å²) in [6.07, 6.45) is 3.64. The molecular formula is C10H12O2. The van der Waals surface area contributed by atoms with Gasteiger partial charge >= 0.3 is 5.97 Å². The second-order valence-electron chi connectivity index (χ2n) is 3.00. The predicted molar refractivity (Wildman–Crippen MR) is 47.6 cm³/mol. The first-order valence-corrected chi connectivity index (χ1v) is 3.81. The molecule has 0 amide bonds. The van der Waals surface area contributed by atoms with Crippen molar-refractivity contribution in [1.29, 1.82) is 0 Å². The first-order valence-electron chi connectivity index (χ1n) is 3.81. The van der Waals surface area contributed by atoms with Crippen LogP contribution in [0.5, 0.6) is 0 Å². The molecule has 1 saturated heterocycles. The van der Waals surface area contributed by atoms with E-state index in [2.05, 4.69) is 6.58 Å². The van der Waals surface area contributed by atoms with Crippen LogP contribution in [0.25, 0.3) is 0 Å². The van der Waals surface area contributed by atoms with Gasteiger partial charge in [0.05, 0.1) is 5.57 Å². The topological polar surface area (TPSA) is 26.3 Å². The molecule has 0 aromatic carbocycles. The van der Waals surface area contributed by atoms with Crippen LogP contribution < -0.4 is 0 Å². The van der Waals surface area contributed by atoms with Gasteiger partial charge in [0.15, 0.2) is 0 Å². The van der Waals surface area contributed by atoms with Crippen LogP contribution in [-0.2, 0) is 9.53 Å². The molecule has 12 heavy (non-hydrogen) atoms. The Hall–Kier alpha value is -1.31. The van der Waals surface area contributed by atoms with Gasteiger partial charge in [0, 0.05) is 0 Å². The van der Waals surface area contributed by atoms with Gasteiger partial charge in [-0.2, -0.15) is 0 Å². The molecule has 0 spiro atoms. The molecule has 0 aliphatic carbocycles. The van der Waals surface area contributed by atoms with Crippen LogP contribution in [0.3, 0.4) is 0 Å². The summed E-state index contributed by atoms with van der Waals surface area (Å²) >= 11 is 0. The Labute approximate surface area is 72.2 Å². The van der Waals surface area contributed by atoms with Gasteiger partial charge in [0.25, 0.3) is 0 Å². The second-order valence-corrected chi connectivity index (χ2v) is 3.00. The zero-order valence-electron chi connectivity index (χ0n) is 7.39. The van der Waals surface area contributed by atoms with E-state index >= 15 is 0 Å². The third kappa shape index (κ3) is 1.84. The Balaban J connectivity index is 2.86. The maximum Gasteiger partial charge on any atom is 0.338 e. The molecule has 64 valence electrons. The van der Waals surface area contributed by atoms with Crippen molar-refractivity contribution in [2.75, 3.05) is 6.61 Å². The largest absolute Gasteiger partial charge is 0.457 e. The van der Waals surface area contributed by atoms with Gasteiger partial charge in [-0.3, -0.25) is 0 Å². The molecule has 0 aromatic rings. The average Bonchev–Trinajstić information content (AvgIpc) is 2.28. The van der Waals surface area contributed by atoms with Crippen molar-refractivity contribution in [2.45, 2.75) is 13.8 Å². The minimum Gasteiger partial charge on any atom is -0.457 e. The Morgan fingerprint density at radius 2 is 2.25 bits per heavy atom. The van der Waals surface area contributed by atoms with Crippen molar-refractivity contribution in [3.05, 3.63) is 35.5 Å². The van der Waals surface area contributed by atoms with Gasteiger partial charge < -0.3 is 4.74 Å². The molecule has 0 bridgehead atoms. The lowest BCUT2D eigenvalue weighted by Crippen LogP contribution is -1.94. The number of ether oxygens (including phenoxy) is 1. The molecule has 1 heterocycles. The van der Waals surface area contributed by atoms with Crippen molar-refractivity contribution in [3.63, 3.8) is 0 Å². The highest BCUT2D eigenvalue weighted by Gasteiger charge is 2.21. The third-order valence-corrected chi connectivity index (χ3v) is 1.56. The monoisotopic (exact) mass is 164 g/mol. The first-order chi connectivity index (χ1) is 5.61. The molecule has 0 N–H and O–H groups in total. The third-order valence-electron chi connectivity index (χ3n) is 1.56. The fourth-order valence-corrected chi connectivity index (χ4v) is 0.888. The normalized spacial score (nSPS) is 19.7. The summed E-state index contributed by atoms with van der Waals surface area (Å²) in [7, 11) is 0. The zero-order valence-corrected chi connectivity index (χ0v) is 7.39. The Morgan fingerprint density at radius 3 is 2.67 bits per heavy atom. The molecule has 0 aromatic heterocycles. The summed E-state index contributed by atoms with van der Waals surface area (Å²) in [6.45, 7) is 8.00. The van der Waals surface area contributed by atoms with Gasteiger partial charge in [-0.05, 0) is 25.5 Å². The van der Waals surface area contributed by atoms with E-state index < -0.39 is 0 Å². The molecule has 0 radical (unpaired) electrons. The van der Waals surface area contributed by atoms with E-state index in [1.165, 1.54) is 0 Å². The lowest BCUT2D eigenvalue weighted by Gasteiger charge is -1.89. The van der Waals surface area contributed by atoms with Crippen molar-refractivity contribution in [1.82, 2.24) is 0 Å². The number of hydrogen-bond donors (Lipinski definition) is 0. The van der Waals surface area contributed by atoms with Crippen molar-refractivity contribution in [3.8, 4) is 0 Å². The quantitative estimate of drug-likeness (QED) is 0.437. The van der Waals surface area contributed by atoms with Crippen LogP contribution in [-0.4, -0.2) is 12.6 Å². The molecule has 1 rings (SSSR count). The van der Waals surface area contributed by atoms with Gasteiger partial charge in [0.1, 0.15) is 6.61 Å². The van der Waals surface area contributed by atoms with E-state index in [0.717, 1.165) is 11.1 Å². The van der Waals surface area contributed by atoms with Gasteiger partial charge in [-0.15, -0.1) is 0 Å². The molecule has 2 heteroatoms. The molecule has 1 aliphatic rings. The molecular weight excluding hydrogens is 152 g/mol. The summed E-state index contributed by atoms with van der Waals surface area (Å²) in [5.74, 6) is -0.266. The van der Waals surface area contributed by atoms with Crippen LogP contribution in [0.2, 0.25) is 0 Å². The average molecular weight is 164 g/mol. The van der Waals surface area contributed by atoms with Gasteiger partial charge in [-0.1, -0.05) is 18.2 Å². The number of rotatable bonds is 1. The Morgan fingerprint density at radius 1 is 1.58 bits per heavy atom. The fraction of sp³-hybridized carbons (Fsp3) is 0.300. The number of carbonyl (C=O) groups excluding carboxylic acids is 1. The minimum absolute atomic E-state index is 0.266. The highest BCUT2D eigenvalue weighted by molar-refractivity contribution is 5.96. The maximum atomic E-state index is 11.0. The van der Waals surface area contributed by atoms with E-state index in [9.17, 15) is 4.79 Å². The van der Waals surface area contributed by atoms with Crippen molar-refractivity contribution < 1.29 is 9.53 Å². The van der Waals surface area contributed by atoms with E-state index in [-0.39, 0.29) is 5.97 Å². The molecule has 1 fully saturated rings. The summed E-state index contributed by atoms with van der Waals surface area (Å²) in [5, 5.41) is 0. The van der Waals surface area contributed by atoms with Crippen molar-refractivity contribution in [2.24, 2.45) is 0 Å². The van der Waals surface area contributed by atoms with Crippen LogP contribution in [0.15, 0.2) is 35.5 Å². The predicted octanol–water partition coefficient (Wildman–Crippen LogP) is 1.99. The van der Waals surface area contributed by atoms with E-state index in [4.69, 9.17) is 4.74 Å². The van der Waals surface area contributed by atoms with Crippen molar-refractivity contribution >= 4 is 5.97 Å². The molecule has 0 saturated carbocycles. The number of carbonyl (C=O) groups is 1. The van der Waals surface area contributed by atoms with Crippen LogP contribution >= 0.6 is 0 Å². The molecule has 0 atom stereocenters. The van der Waals surface area contributed by atoms with E-state index in [0.29, 0.717) is 12.2 Å². The van der Waals surface area contributed by atoms with Crippen LogP contribution in [0, 0.1) is 0 Å². The maximum absolute atomic E-state index is 11.0. The van der Waals surface area contributed by atoms with Gasteiger partial charge in [0.2, 0.25) is 0 Å². The number of allylic oxidation sites excluding steroid dienone is 3. The zero-order chi connectivity index (χ0) is 9.14. The van der Waals surface area contributed by atoms with Crippen LogP contribution in [0.1, 0.15) is 13.8 Å². The highest BCUT2D eigenvalue weighted by Crippen LogP contribution is 2.18. The SMILES string of the molecule is C=C1COC(=O)/C1=C/C=C(C)C. The summed E-state index contributed by atoms with van der Waals surface area (Å²) in [6, 6.07) is 0. The lowest BCUT2D eigenvalue weighted by molar-refractivity contribution is -0.134. The Kier molecular flexibility index (Phi) is 2.48. The fourth-order valence-electron chi connectivity index (χ4n) is 0.888. The van der Waals surface area contributed by atoms with E-state index in [1.807, 2.05) is 19.9 Å². The molecule has 1 aliphatic heterocycles. The summed E-state index contributed by atoms with van der Waals surface area (Å²) in [4.78, 5) is 11.0. The summed E-state index contributed by atoms with van der Waals surface area (Å²) in [5.41, 5.74) is 2.50. The first kappa shape index (κ1) is 8.78. The van der Waals surface area contributed by atoms with E-state index in [1.54, 1.807) is 6.08 Å². The number of cyclic esters (lactones) is 1. The lowest BCUT2D eigenvalue weighted by atomic mass is 10.1. The molecule has 2 nitrogen and oxygen atoms in total. The number of hydrogen-bond acceptors (Lipinski definition) is 2. The standard InChI is InChI=1S/C10H12O2/c1-7(2)4-5-9-8(3)6-12-10(9)11/h4-5H,3,6H2,1-2H3/b9-5+. The smallest absolute Gasteiger partial charge is 0.338 e. The van der Waals surface area contributed by atoms with Gasteiger partial charge in [-0.25, -0.2) is 4.79 Å². The summed E-state index contributed by atoms with van der Waals surface area (Å²) < 4.78 is 4.77.